The number of phenols is 1. The van der Waals surface area contributed by atoms with E-state index in [4.69, 9.17) is 19.3 Å². The Kier molecular flexibility index (Phi) is 6.52. The maximum atomic E-state index is 10.0. The summed E-state index contributed by atoms with van der Waals surface area (Å²) in [5.41, 5.74) is 2.75. The van der Waals surface area contributed by atoms with E-state index in [9.17, 15) is 5.11 Å². The molecule has 1 N–H and O–H groups in total. The molecule has 2 aromatic heterocycles. The van der Waals surface area contributed by atoms with Crippen molar-refractivity contribution in [3.05, 3.63) is 41.9 Å². The molecule has 2 aliphatic rings. The number of benzene rings is 1. The highest BCUT2D eigenvalue weighted by atomic mass is 16.7. The van der Waals surface area contributed by atoms with E-state index in [0.717, 1.165) is 73.9 Å². The normalized spacial score (nSPS) is 22.1. The van der Waals surface area contributed by atoms with Crippen molar-refractivity contribution in [3.63, 3.8) is 0 Å². The van der Waals surface area contributed by atoms with Crippen LogP contribution in [0.4, 0.5) is 0 Å². The molecule has 3 aromatic rings. The highest BCUT2D eigenvalue weighted by Crippen LogP contribution is 2.30. The van der Waals surface area contributed by atoms with Crippen LogP contribution in [-0.2, 0) is 20.8 Å². The zero-order valence-electron chi connectivity index (χ0n) is 18.2. The first-order valence-electron chi connectivity index (χ1n) is 11.5. The lowest BCUT2D eigenvalue weighted by Crippen LogP contribution is -2.24. The first-order valence-corrected chi connectivity index (χ1v) is 11.5. The molecule has 2 aliphatic heterocycles. The molecule has 8 heteroatoms. The quantitative estimate of drug-likeness (QED) is 0.590. The number of hydrogen-bond acceptors (Lipinski definition) is 6. The number of rotatable bonds is 7. The first-order chi connectivity index (χ1) is 15.8. The van der Waals surface area contributed by atoms with Gasteiger partial charge < -0.3 is 19.3 Å². The van der Waals surface area contributed by atoms with E-state index in [2.05, 4.69) is 5.10 Å². The molecule has 0 bridgehead atoms. The third kappa shape index (κ3) is 4.87. The molecule has 2 atom stereocenters. The van der Waals surface area contributed by atoms with Gasteiger partial charge in [0.05, 0.1) is 30.6 Å². The fourth-order valence-electron chi connectivity index (χ4n) is 4.30. The highest BCUT2D eigenvalue weighted by molar-refractivity contribution is 5.90. The van der Waals surface area contributed by atoms with Gasteiger partial charge in [-0.2, -0.15) is 10.2 Å². The molecule has 170 valence electrons. The standard InChI is InChI=1S/C24H30N4O4/c29-19-8-10-22-20(15-19)21(26-28(22)23-5-1-3-12-30-23)9-7-18-16-25-27(17-18)11-14-32-24-6-2-4-13-31-24/h7-10,15-17,23-24,29H,1-6,11-14H2/b9-7+. The van der Waals surface area contributed by atoms with Crippen molar-refractivity contribution in [3.8, 4) is 5.75 Å². The number of ether oxygens (including phenoxy) is 3. The summed E-state index contributed by atoms with van der Waals surface area (Å²) in [6, 6.07) is 5.36. The smallest absolute Gasteiger partial charge is 0.157 e. The predicted molar refractivity (Wildman–Crippen MR) is 121 cm³/mol. The Morgan fingerprint density at radius 1 is 1.09 bits per heavy atom. The molecule has 2 unspecified atom stereocenters. The number of phenolic OH excluding ortho intramolecular Hbond substituents is 1. The summed E-state index contributed by atoms with van der Waals surface area (Å²) in [5.74, 6) is 0.228. The summed E-state index contributed by atoms with van der Waals surface area (Å²) in [7, 11) is 0. The summed E-state index contributed by atoms with van der Waals surface area (Å²) in [4.78, 5) is 0. The number of aromatic hydroxyl groups is 1. The summed E-state index contributed by atoms with van der Waals surface area (Å²) < 4.78 is 21.2. The van der Waals surface area contributed by atoms with Gasteiger partial charge in [-0.05, 0) is 68.9 Å². The number of nitrogens with zero attached hydrogens (tertiary/aromatic N) is 4. The molecule has 0 aliphatic carbocycles. The topological polar surface area (TPSA) is 83.6 Å². The third-order valence-corrected chi connectivity index (χ3v) is 6.00. The second kappa shape index (κ2) is 9.85. The first kappa shape index (κ1) is 21.2. The molecular formula is C24H30N4O4. The van der Waals surface area contributed by atoms with Crippen molar-refractivity contribution in [2.75, 3.05) is 19.8 Å². The minimum atomic E-state index is -0.0772. The van der Waals surface area contributed by atoms with Crippen molar-refractivity contribution in [2.45, 2.75) is 57.6 Å². The fourth-order valence-corrected chi connectivity index (χ4v) is 4.30. The van der Waals surface area contributed by atoms with Crippen LogP contribution < -0.4 is 0 Å². The van der Waals surface area contributed by atoms with E-state index >= 15 is 0 Å². The summed E-state index contributed by atoms with van der Waals surface area (Å²) in [6.07, 6.45) is 14.1. The number of aromatic nitrogens is 4. The van der Waals surface area contributed by atoms with Crippen LogP contribution in [0.1, 0.15) is 56.0 Å². The van der Waals surface area contributed by atoms with Gasteiger partial charge >= 0.3 is 0 Å². The van der Waals surface area contributed by atoms with E-state index in [1.807, 2.05) is 40.0 Å². The minimum absolute atomic E-state index is 0.0613. The molecule has 32 heavy (non-hydrogen) atoms. The second-order valence-electron chi connectivity index (χ2n) is 8.39. The van der Waals surface area contributed by atoms with E-state index in [1.54, 1.807) is 12.1 Å². The Morgan fingerprint density at radius 3 is 2.78 bits per heavy atom. The Morgan fingerprint density at radius 2 is 1.97 bits per heavy atom. The van der Waals surface area contributed by atoms with Crippen molar-refractivity contribution < 1.29 is 19.3 Å². The lowest BCUT2D eigenvalue weighted by molar-refractivity contribution is -0.163. The minimum Gasteiger partial charge on any atom is -0.508 e. The summed E-state index contributed by atoms with van der Waals surface area (Å²) in [6.45, 7) is 2.80. The number of fused-ring (bicyclic) bond motifs is 1. The van der Waals surface area contributed by atoms with Gasteiger partial charge in [0.15, 0.2) is 12.5 Å². The van der Waals surface area contributed by atoms with E-state index in [0.29, 0.717) is 13.2 Å². The second-order valence-corrected chi connectivity index (χ2v) is 8.39. The Hall–Kier alpha value is -2.68. The van der Waals surface area contributed by atoms with Crippen LogP contribution in [0.25, 0.3) is 23.1 Å². The van der Waals surface area contributed by atoms with Gasteiger partial charge in [0.2, 0.25) is 0 Å². The SMILES string of the molecule is Oc1ccc2c(c1)c(/C=C/c1cnn(CCOC3CCCCO3)c1)nn2C1CCCCO1. The zero-order valence-corrected chi connectivity index (χ0v) is 18.2. The van der Waals surface area contributed by atoms with Crippen molar-refractivity contribution in [2.24, 2.45) is 0 Å². The average Bonchev–Trinajstić information content (AvgIpc) is 3.43. The van der Waals surface area contributed by atoms with Crippen LogP contribution in [0, 0.1) is 0 Å². The van der Waals surface area contributed by atoms with Crippen LogP contribution in [0.2, 0.25) is 0 Å². The molecule has 4 heterocycles. The maximum absolute atomic E-state index is 10.0. The molecule has 2 saturated heterocycles. The van der Waals surface area contributed by atoms with Gasteiger partial charge in [-0.1, -0.05) is 0 Å². The molecule has 0 radical (unpaired) electrons. The Balaban J connectivity index is 1.28. The van der Waals surface area contributed by atoms with Crippen LogP contribution in [-0.4, -0.2) is 50.8 Å². The van der Waals surface area contributed by atoms with E-state index < -0.39 is 0 Å². The van der Waals surface area contributed by atoms with Crippen LogP contribution in [0.5, 0.6) is 5.75 Å². The van der Waals surface area contributed by atoms with Crippen molar-refractivity contribution in [1.82, 2.24) is 19.6 Å². The number of hydrogen-bond donors (Lipinski definition) is 1. The summed E-state index contributed by atoms with van der Waals surface area (Å²) >= 11 is 0. The monoisotopic (exact) mass is 438 g/mol. The van der Waals surface area contributed by atoms with E-state index in [-0.39, 0.29) is 18.3 Å². The molecule has 0 spiro atoms. The van der Waals surface area contributed by atoms with Gasteiger partial charge in [-0.3, -0.25) is 4.68 Å². The van der Waals surface area contributed by atoms with Crippen LogP contribution in [0.15, 0.2) is 30.6 Å². The van der Waals surface area contributed by atoms with Crippen molar-refractivity contribution >= 4 is 23.1 Å². The molecule has 0 saturated carbocycles. The Labute approximate surface area is 187 Å². The van der Waals surface area contributed by atoms with Gasteiger partial charge in [0.1, 0.15) is 5.75 Å². The van der Waals surface area contributed by atoms with Crippen molar-refractivity contribution in [1.29, 1.82) is 0 Å². The average molecular weight is 439 g/mol. The fraction of sp³-hybridized carbons (Fsp3) is 0.500. The van der Waals surface area contributed by atoms with Crippen LogP contribution >= 0.6 is 0 Å². The Bertz CT molecular complexity index is 1060. The van der Waals surface area contributed by atoms with Gasteiger partial charge in [0.25, 0.3) is 0 Å². The van der Waals surface area contributed by atoms with Gasteiger partial charge in [-0.15, -0.1) is 0 Å². The molecule has 1 aromatic carbocycles. The highest BCUT2D eigenvalue weighted by Gasteiger charge is 2.20. The van der Waals surface area contributed by atoms with Crippen LogP contribution in [0.3, 0.4) is 0 Å². The largest absolute Gasteiger partial charge is 0.508 e. The maximum Gasteiger partial charge on any atom is 0.157 e. The summed E-state index contributed by atoms with van der Waals surface area (Å²) in [5, 5.41) is 20.2. The van der Waals surface area contributed by atoms with Gasteiger partial charge in [-0.25, -0.2) is 4.68 Å². The predicted octanol–water partition coefficient (Wildman–Crippen LogP) is 4.35. The molecular weight excluding hydrogens is 408 g/mol. The molecule has 0 amide bonds. The lowest BCUT2D eigenvalue weighted by atomic mass is 10.1. The molecule has 8 nitrogen and oxygen atoms in total. The molecule has 2 fully saturated rings. The lowest BCUT2D eigenvalue weighted by Gasteiger charge is -2.23. The molecule has 5 rings (SSSR count). The van der Waals surface area contributed by atoms with E-state index in [1.165, 1.54) is 0 Å². The zero-order chi connectivity index (χ0) is 21.8. The third-order valence-electron chi connectivity index (χ3n) is 6.00. The van der Waals surface area contributed by atoms with Gasteiger partial charge in [0, 0.05) is 30.4 Å².